The van der Waals surface area contributed by atoms with Crippen LogP contribution in [0, 0.1) is 21.4 Å². The van der Waals surface area contributed by atoms with E-state index in [0.29, 0.717) is 56.1 Å². The highest BCUT2D eigenvalue weighted by Gasteiger charge is 2.36. The Labute approximate surface area is 189 Å². The summed E-state index contributed by atoms with van der Waals surface area (Å²) in [5.74, 6) is -0.320. The van der Waals surface area contributed by atoms with E-state index in [2.05, 4.69) is 4.98 Å². The SMILES string of the molecule is CC(=O)OC1CCc2c1ncc([N+](=O)[O-])c2N1CCC[C@H](C(=N)CCCOC(C)(C)C)C1. The van der Waals surface area contributed by atoms with Crippen LogP contribution in [0.5, 0.6) is 0 Å². The van der Waals surface area contributed by atoms with Gasteiger partial charge in [0.05, 0.1) is 16.2 Å². The zero-order valence-corrected chi connectivity index (χ0v) is 19.5. The third kappa shape index (κ3) is 5.82. The summed E-state index contributed by atoms with van der Waals surface area (Å²) in [5.41, 5.74) is 2.49. The van der Waals surface area contributed by atoms with Crippen molar-refractivity contribution in [1.29, 1.82) is 5.41 Å². The van der Waals surface area contributed by atoms with Crippen LogP contribution >= 0.6 is 0 Å². The largest absolute Gasteiger partial charge is 0.456 e. The lowest BCUT2D eigenvalue weighted by Gasteiger charge is -2.35. The molecule has 9 nitrogen and oxygen atoms in total. The maximum absolute atomic E-state index is 11.8. The fourth-order valence-corrected chi connectivity index (χ4v) is 4.59. The lowest BCUT2D eigenvalue weighted by molar-refractivity contribution is -0.384. The molecule has 0 amide bonds. The molecule has 2 heterocycles. The molecule has 1 unspecified atom stereocenters. The zero-order valence-electron chi connectivity index (χ0n) is 19.5. The van der Waals surface area contributed by atoms with E-state index in [9.17, 15) is 14.9 Å². The zero-order chi connectivity index (χ0) is 23.5. The standard InChI is InChI=1S/C23H34N4O5/c1-15(28)32-20-10-9-17-21(20)25-13-19(27(29)30)22(17)26-11-5-7-16(14-26)18(24)8-6-12-31-23(2,3)4/h13,16,20,24H,5-12,14H2,1-4H3/t16-,20?/m0/s1. The van der Waals surface area contributed by atoms with E-state index in [4.69, 9.17) is 14.9 Å². The van der Waals surface area contributed by atoms with Crippen LogP contribution < -0.4 is 4.90 Å². The molecule has 9 heteroatoms. The summed E-state index contributed by atoms with van der Waals surface area (Å²) in [6.45, 7) is 9.30. The highest BCUT2D eigenvalue weighted by atomic mass is 16.6. The van der Waals surface area contributed by atoms with Crippen LogP contribution in [-0.4, -0.2) is 46.9 Å². The second-order valence-corrected chi connectivity index (χ2v) is 9.62. The van der Waals surface area contributed by atoms with Crippen molar-refractivity contribution >= 4 is 23.1 Å². The Hall–Kier alpha value is -2.55. The van der Waals surface area contributed by atoms with Crippen molar-refractivity contribution in [2.75, 3.05) is 24.6 Å². The molecule has 176 valence electrons. The number of nitrogens with one attached hydrogen (secondary N) is 1. The van der Waals surface area contributed by atoms with Crippen LogP contribution in [-0.2, 0) is 20.7 Å². The molecule has 3 rings (SSSR count). The summed E-state index contributed by atoms with van der Waals surface area (Å²) in [5, 5.41) is 20.4. The summed E-state index contributed by atoms with van der Waals surface area (Å²) >= 11 is 0. The quantitative estimate of drug-likeness (QED) is 0.207. The fourth-order valence-electron chi connectivity index (χ4n) is 4.59. The lowest BCUT2D eigenvalue weighted by Crippen LogP contribution is -2.39. The topological polar surface area (TPSA) is 119 Å². The van der Waals surface area contributed by atoms with Gasteiger partial charge in [-0.05, 0) is 59.3 Å². The maximum atomic E-state index is 11.8. The van der Waals surface area contributed by atoms with Crippen molar-refractivity contribution in [2.24, 2.45) is 5.92 Å². The molecule has 0 saturated carbocycles. The molecule has 2 aliphatic rings. The minimum absolute atomic E-state index is 0.0158. The highest BCUT2D eigenvalue weighted by molar-refractivity contribution is 5.85. The number of nitro groups is 1. The van der Waals surface area contributed by atoms with Crippen LogP contribution in [0.15, 0.2) is 6.20 Å². The van der Waals surface area contributed by atoms with E-state index in [1.54, 1.807) is 0 Å². The third-order valence-electron chi connectivity index (χ3n) is 5.99. The summed E-state index contributed by atoms with van der Waals surface area (Å²) in [4.78, 5) is 29.2. The Bertz CT molecular complexity index is 880. The molecule has 1 fully saturated rings. The molecule has 1 N–H and O–H groups in total. The van der Waals surface area contributed by atoms with Gasteiger partial charge in [0, 0.05) is 43.8 Å². The predicted octanol–water partition coefficient (Wildman–Crippen LogP) is 4.37. The first-order valence-corrected chi connectivity index (χ1v) is 11.4. The number of carbonyl (C=O) groups is 1. The number of aromatic nitrogens is 1. The minimum atomic E-state index is -0.455. The Morgan fingerprint density at radius 2 is 2.12 bits per heavy atom. The van der Waals surface area contributed by atoms with Gasteiger partial charge in [0.15, 0.2) is 0 Å². The Morgan fingerprint density at radius 3 is 2.78 bits per heavy atom. The van der Waals surface area contributed by atoms with Gasteiger partial charge in [0.2, 0.25) is 0 Å². The first-order valence-electron chi connectivity index (χ1n) is 11.4. The number of hydrogen-bond acceptors (Lipinski definition) is 8. The van der Waals surface area contributed by atoms with Crippen molar-refractivity contribution in [1.82, 2.24) is 4.98 Å². The van der Waals surface area contributed by atoms with Gasteiger partial charge in [0.1, 0.15) is 18.0 Å². The van der Waals surface area contributed by atoms with Gasteiger partial charge >= 0.3 is 11.7 Å². The molecular weight excluding hydrogens is 412 g/mol. The summed E-state index contributed by atoms with van der Waals surface area (Å²) in [7, 11) is 0. The number of esters is 1. The second-order valence-electron chi connectivity index (χ2n) is 9.62. The third-order valence-corrected chi connectivity index (χ3v) is 5.99. The molecule has 0 aromatic carbocycles. The van der Waals surface area contributed by atoms with Gasteiger partial charge in [-0.15, -0.1) is 0 Å². The van der Waals surface area contributed by atoms with E-state index in [-0.39, 0.29) is 28.1 Å². The Morgan fingerprint density at radius 1 is 1.38 bits per heavy atom. The molecular formula is C23H34N4O5. The number of fused-ring (bicyclic) bond motifs is 1. The molecule has 0 radical (unpaired) electrons. The monoisotopic (exact) mass is 446 g/mol. The van der Waals surface area contributed by atoms with Crippen LogP contribution in [0.1, 0.15) is 77.2 Å². The van der Waals surface area contributed by atoms with Gasteiger partial charge in [-0.2, -0.15) is 0 Å². The van der Waals surface area contributed by atoms with Crippen molar-refractivity contribution in [3.63, 3.8) is 0 Å². The number of anilines is 1. The predicted molar refractivity (Wildman–Crippen MR) is 121 cm³/mol. The lowest BCUT2D eigenvalue weighted by atomic mass is 9.90. The number of piperidine rings is 1. The summed E-state index contributed by atoms with van der Waals surface area (Å²) < 4.78 is 11.1. The summed E-state index contributed by atoms with van der Waals surface area (Å²) in [6, 6.07) is 0. The molecule has 1 aromatic heterocycles. The molecule has 1 aromatic rings. The average molecular weight is 447 g/mol. The first-order chi connectivity index (χ1) is 15.1. The van der Waals surface area contributed by atoms with Crippen molar-refractivity contribution < 1.29 is 19.2 Å². The van der Waals surface area contributed by atoms with E-state index < -0.39 is 6.10 Å². The second kappa shape index (κ2) is 9.94. The molecule has 1 aliphatic carbocycles. The average Bonchev–Trinajstić information content (AvgIpc) is 3.11. The summed E-state index contributed by atoms with van der Waals surface area (Å²) in [6.07, 6.45) is 5.23. The number of hydrogen-bond donors (Lipinski definition) is 1. The van der Waals surface area contributed by atoms with E-state index in [1.807, 2.05) is 25.7 Å². The van der Waals surface area contributed by atoms with Crippen molar-refractivity contribution in [3.8, 4) is 0 Å². The highest BCUT2D eigenvalue weighted by Crippen LogP contribution is 2.43. The molecule has 2 atom stereocenters. The minimum Gasteiger partial charge on any atom is -0.456 e. The number of ether oxygens (including phenoxy) is 2. The number of carbonyl (C=O) groups excluding carboxylic acids is 1. The first kappa shape index (κ1) is 24.1. The number of pyridine rings is 1. The molecule has 1 aliphatic heterocycles. The molecule has 32 heavy (non-hydrogen) atoms. The van der Waals surface area contributed by atoms with E-state index >= 15 is 0 Å². The van der Waals surface area contributed by atoms with Gasteiger partial charge < -0.3 is 19.8 Å². The molecule has 0 spiro atoms. The normalized spacial score (nSPS) is 20.7. The molecule has 1 saturated heterocycles. The van der Waals surface area contributed by atoms with Crippen molar-refractivity contribution in [3.05, 3.63) is 27.6 Å². The van der Waals surface area contributed by atoms with E-state index in [1.165, 1.54) is 13.1 Å². The Kier molecular flexibility index (Phi) is 7.48. The fraction of sp³-hybridized carbons (Fsp3) is 0.696. The smallest absolute Gasteiger partial charge is 0.310 e. The Balaban J connectivity index is 1.75. The van der Waals surface area contributed by atoms with Crippen molar-refractivity contribution in [2.45, 2.75) is 77.9 Å². The van der Waals surface area contributed by atoms with Gasteiger partial charge in [-0.3, -0.25) is 14.9 Å². The van der Waals surface area contributed by atoms with Gasteiger partial charge in [-0.25, -0.2) is 4.98 Å². The van der Waals surface area contributed by atoms with E-state index in [0.717, 1.165) is 24.8 Å². The van der Waals surface area contributed by atoms with Crippen LogP contribution in [0.4, 0.5) is 11.4 Å². The van der Waals surface area contributed by atoms with Crippen LogP contribution in [0.2, 0.25) is 0 Å². The number of rotatable bonds is 8. The van der Waals surface area contributed by atoms with Gasteiger partial charge in [-0.1, -0.05) is 0 Å². The number of nitrogens with zero attached hydrogens (tertiary/aromatic N) is 3. The van der Waals surface area contributed by atoms with Gasteiger partial charge in [0.25, 0.3) is 0 Å². The molecule has 0 bridgehead atoms. The van der Waals surface area contributed by atoms with Crippen LogP contribution in [0.25, 0.3) is 0 Å². The maximum Gasteiger partial charge on any atom is 0.310 e. The van der Waals surface area contributed by atoms with Crippen LogP contribution in [0.3, 0.4) is 0 Å².